The minimum Gasteiger partial charge on any atom is -0.330 e. The lowest BCUT2D eigenvalue weighted by molar-refractivity contribution is -0.116. The lowest BCUT2D eigenvalue weighted by Crippen LogP contribution is -2.14. The number of aryl methyl sites for hydroxylation is 3. The van der Waals surface area contributed by atoms with Crippen molar-refractivity contribution in [3.63, 3.8) is 0 Å². The van der Waals surface area contributed by atoms with Gasteiger partial charge < -0.3 is 9.88 Å². The lowest BCUT2D eigenvalue weighted by Gasteiger charge is -2.10. The van der Waals surface area contributed by atoms with Crippen LogP contribution in [0.2, 0.25) is 0 Å². The molecule has 0 saturated carbocycles. The van der Waals surface area contributed by atoms with E-state index in [0.717, 1.165) is 17.1 Å². The second-order valence-corrected chi connectivity index (χ2v) is 5.78. The molecule has 5 nitrogen and oxygen atoms in total. The Morgan fingerprint density at radius 3 is 2.62 bits per heavy atom. The molecule has 2 aromatic heterocycles. The highest BCUT2D eigenvalue weighted by molar-refractivity contribution is 5.90. The number of benzene rings is 1. The summed E-state index contributed by atoms with van der Waals surface area (Å²) < 4.78 is 1.98. The van der Waals surface area contributed by atoms with Crippen LogP contribution in [0.4, 0.5) is 5.69 Å². The zero-order valence-electron chi connectivity index (χ0n) is 13.9. The summed E-state index contributed by atoms with van der Waals surface area (Å²) in [6.45, 7) is 4.67. The third-order valence-corrected chi connectivity index (χ3v) is 4.02. The number of carbonyl (C=O) groups is 1. The Morgan fingerprint density at radius 1 is 1.08 bits per heavy atom. The van der Waals surface area contributed by atoms with Crippen molar-refractivity contribution in [2.24, 2.45) is 0 Å². The Labute approximate surface area is 141 Å². The molecular weight excluding hydrogens is 300 g/mol. The van der Waals surface area contributed by atoms with Gasteiger partial charge in [0.2, 0.25) is 5.91 Å². The van der Waals surface area contributed by atoms with Crippen molar-refractivity contribution in [2.45, 2.75) is 26.8 Å². The maximum atomic E-state index is 12.2. The molecule has 1 aromatic carbocycles. The number of nitrogens with zero attached hydrogens (tertiary/aromatic N) is 3. The fourth-order valence-corrected chi connectivity index (χ4v) is 2.52. The molecule has 2 heterocycles. The van der Waals surface area contributed by atoms with Gasteiger partial charge in [-0.3, -0.25) is 9.78 Å². The molecule has 0 radical (unpaired) electrons. The molecule has 0 spiro atoms. The predicted octanol–water partition coefficient (Wildman–Crippen LogP) is 3.59. The summed E-state index contributed by atoms with van der Waals surface area (Å²) in [5, 5.41) is 2.95. The van der Waals surface area contributed by atoms with Gasteiger partial charge in [-0.05, 0) is 49.2 Å². The fourth-order valence-electron chi connectivity index (χ4n) is 2.52. The van der Waals surface area contributed by atoms with E-state index in [-0.39, 0.29) is 5.91 Å². The monoisotopic (exact) mass is 320 g/mol. The summed E-state index contributed by atoms with van der Waals surface area (Å²) in [6, 6.07) is 9.76. The van der Waals surface area contributed by atoms with Gasteiger partial charge in [-0.15, -0.1) is 0 Å². The quantitative estimate of drug-likeness (QED) is 0.781. The molecule has 5 heteroatoms. The largest absolute Gasteiger partial charge is 0.330 e. The van der Waals surface area contributed by atoms with Crippen LogP contribution in [0.1, 0.15) is 17.5 Å². The molecule has 3 rings (SSSR count). The van der Waals surface area contributed by atoms with E-state index in [9.17, 15) is 4.79 Å². The van der Waals surface area contributed by atoms with Crippen LogP contribution in [-0.4, -0.2) is 20.4 Å². The molecule has 0 fully saturated rings. The van der Waals surface area contributed by atoms with E-state index in [2.05, 4.69) is 22.2 Å². The normalized spacial score (nSPS) is 10.6. The molecule has 0 aliphatic carbocycles. The predicted molar refractivity (Wildman–Crippen MR) is 94.6 cm³/mol. The van der Waals surface area contributed by atoms with Crippen molar-refractivity contribution in [3.8, 4) is 11.4 Å². The summed E-state index contributed by atoms with van der Waals surface area (Å²) in [6.07, 6.45) is 7.50. The number of rotatable bonds is 5. The van der Waals surface area contributed by atoms with Crippen LogP contribution in [0.15, 0.2) is 55.1 Å². The van der Waals surface area contributed by atoms with Gasteiger partial charge in [0.05, 0.1) is 0 Å². The number of aromatic nitrogens is 3. The molecule has 0 unspecified atom stereocenters. The highest BCUT2D eigenvalue weighted by atomic mass is 16.1. The second kappa shape index (κ2) is 7.08. The number of amides is 1. The van der Waals surface area contributed by atoms with Crippen molar-refractivity contribution < 1.29 is 4.79 Å². The molecule has 3 aromatic rings. The number of pyridine rings is 1. The van der Waals surface area contributed by atoms with E-state index in [1.165, 1.54) is 11.1 Å². The SMILES string of the molecule is Cc1ccc(NC(=O)CCn2ccnc2-c2ccncc2)cc1C. The van der Waals surface area contributed by atoms with Crippen LogP contribution in [0.5, 0.6) is 0 Å². The van der Waals surface area contributed by atoms with Crippen molar-refractivity contribution in [1.29, 1.82) is 0 Å². The number of anilines is 1. The minimum atomic E-state index is -0.00682. The van der Waals surface area contributed by atoms with Crippen molar-refractivity contribution in [3.05, 3.63) is 66.2 Å². The van der Waals surface area contributed by atoms with E-state index in [0.29, 0.717) is 13.0 Å². The van der Waals surface area contributed by atoms with Crippen LogP contribution < -0.4 is 5.32 Å². The van der Waals surface area contributed by atoms with E-state index in [4.69, 9.17) is 0 Å². The Hall–Kier alpha value is -2.95. The third-order valence-electron chi connectivity index (χ3n) is 4.02. The van der Waals surface area contributed by atoms with Crippen LogP contribution in [0.3, 0.4) is 0 Å². The van der Waals surface area contributed by atoms with Crippen LogP contribution >= 0.6 is 0 Å². The molecular formula is C19H20N4O. The molecule has 24 heavy (non-hydrogen) atoms. The number of carbonyl (C=O) groups excluding carboxylic acids is 1. The first-order valence-electron chi connectivity index (χ1n) is 7.92. The standard InChI is InChI=1S/C19H20N4O/c1-14-3-4-17(13-15(14)2)22-18(24)7-11-23-12-10-21-19(23)16-5-8-20-9-6-16/h3-6,8-10,12-13H,7,11H2,1-2H3,(H,22,24). The lowest BCUT2D eigenvalue weighted by atomic mass is 10.1. The molecule has 122 valence electrons. The van der Waals surface area contributed by atoms with Crippen molar-refractivity contribution in [1.82, 2.24) is 14.5 Å². The zero-order chi connectivity index (χ0) is 16.9. The van der Waals surface area contributed by atoms with Crippen LogP contribution in [0, 0.1) is 13.8 Å². The topological polar surface area (TPSA) is 59.8 Å². The average molecular weight is 320 g/mol. The highest BCUT2D eigenvalue weighted by Crippen LogP contribution is 2.17. The van der Waals surface area contributed by atoms with Crippen LogP contribution in [0.25, 0.3) is 11.4 Å². The maximum Gasteiger partial charge on any atom is 0.226 e. The summed E-state index contributed by atoms with van der Waals surface area (Å²) in [4.78, 5) is 20.6. The van der Waals surface area contributed by atoms with Gasteiger partial charge in [0.25, 0.3) is 0 Å². The first-order valence-corrected chi connectivity index (χ1v) is 7.92. The smallest absolute Gasteiger partial charge is 0.226 e. The number of nitrogens with one attached hydrogen (secondary N) is 1. The van der Waals surface area contributed by atoms with E-state index in [1.807, 2.05) is 48.0 Å². The Morgan fingerprint density at radius 2 is 1.88 bits per heavy atom. The maximum absolute atomic E-state index is 12.2. The fraction of sp³-hybridized carbons (Fsp3) is 0.211. The van der Waals surface area contributed by atoms with Gasteiger partial charge in [-0.2, -0.15) is 0 Å². The molecule has 0 aliphatic rings. The zero-order valence-corrected chi connectivity index (χ0v) is 13.9. The molecule has 0 atom stereocenters. The van der Waals surface area contributed by atoms with Gasteiger partial charge in [0.15, 0.2) is 0 Å². The Kier molecular flexibility index (Phi) is 4.70. The molecule has 1 N–H and O–H groups in total. The number of hydrogen-bond acceptors (Lipinski definition) is 3. The molecule has 0 bridgehead atoms. The Balaban J connectivity index is 1.63. The minimum absolute atomic E-state index is 0.00682. The van der Waals surface area contributed by atoms with Gasteiger partial charge in [0.1, 0.15) is 5.82 Å². The highest BCUT2D eigenvalue weighted by Gasteiger charge is 2.08. The van der Waals surface area contributed by atoms with Gasteiger partial charge in [-0.1, -0.05) is 6.07 Å². The summed E-state index contributed by atoms with van der Waals surface area (Å²) in [7, 11) is 0. The summed E-state index contributed by atoms with van der Waals surface area (Å²) >= 11 is 0. The van der Waals surface area contributed by atoms with Crippen molar-refractivity contribution in [2.75, 3.05) is 5.32 Å². The molecule has 1 amide bonds. The number of hydrogen-bond donors (Lipinski definition) is 1. The molecule has 0 aliphatic heterocycles. The van der Waals surface area contributed by atoms with Crippen LogP contribution in [-0.2, 0) is 11.3 Å². The third kappa shape index (κ3) is 3.68. The van der Waals surface area contributed by atoms with E-state index >= 15 is 0 Å². The van der Waals surface area contributed by atoms with Gasteiger partial charge >= 0.3 is 0 Å². The summed E-state index contributed by atoms with van der Waals surface area (Å²) in [5.41, 5.74) is 4.21. The molecule has 0 saturated heterocycles. The second-order valence-electron chi connectivity index (χ2n) is 5.78. The Bertz CT molecular complexity index is 840. The van der Waals surface area contributed by atoms with Gasteiger partial charge in [0, 0.05) is 49.0 Å². The van der Waals surface area contributed by atoms with Crippen molar-refractivity contribution >= 4 is 11.6 Å². The first kappa shape index (κ1) is 15.9. The van der Waals surface area contributed by atoms with E-state index < -0.39 is 0 Å². The number of imidazole rings is 1. The summed E-state index contributed by atoms with van der Waals surface area (Å²) in [5.74, 6) is 0.837. The first-order chi connectivity index (χ1) is 11.6. The van der Waals surface area contributed by atoms with Gasteiger partial charge in [-0.25, -0.2) is 4.98 Å². The van der Waals surface area contributed by atoms with E-state index in [1.54, 1.807) is 18.6 Å². The average Bonchev–Trinajstić information content (AvgIpc) is 3.06.